The lowest BCUT2D eigenvalue weighted by Crippen LogP contribution is -2.23. The minimum absolute atomic E-state index is 0.104. The van der Waals surface area contributed by atoms with Gasteiger partial charge in [0.1, 0.15) is 0 Å². The van der Waals surface area contributed by atoms with Crippen LogP contribution < -0.4 is 0 Å². The minimum Gasteiger partial charge on any atom is -0.0622 e. The molecule has 10 rings (SSSR count). The number of benzene rings is 9. The van der Waals surface area contributed by atoms with Gasteiger partial charge in [0.15, 0.2) is 0 Å². The third kappa shape index (κ3) is 3.98. The molecule has 0 heterocycles. The number of hydrogen-bond donors (Lipinski definition) is 0. The lowest BCUT2D eigenvalue weighted by molar-refractivity contribution is 0.645. The summed E-state index contributed by atoms with van der Waals surface area (Å²) in [6, 6.07) is 63.1. The number of hydrogen-bond acceptors (Lipinski definition) is 0. The van der Waals surface area contributed by atoms with Crippen LogP contribution in [0.25, 0.3) is 87.6 Å². The van der Waals surface area contributed by atoms with Gasteiger partial charge in [-0.3, -0.25) is 0 Å². The fourth-order valence-corrected chi connectivity index (χ4v) is 8.88. The van der Waals surface area contributed by atoms with Crippen LogP contribution in [0.2, 0.25) is 0 Å². The van der Waals surface area contributed by atoms with Crippen molar-refractivity contribution in [3.05, 3.63) is 181 Å². The van der Waals surface area contributed by atoms with Crippen LogP contribution >= 0.6 is 0 Å². The molecule has 0 saturated carbocycles. The van der Waals surface area contributed by atoms with Crippen molar-refractivity contribution in [1.29, 1.82) is 0 Å². The quantitative estimate of drug-likeness (QED) is 0.136. The molecular formula is C49H34. The highest BCUT2D eigenvalue weighted by atomic mass is 14.4. The van der Waals surface area contributed by atoms with Crippen molar-refractivity contribution in [3.8, 4) is 44.5 Å². The lowest BCUT2D eigenvalue weighted by Gasteiger charge is -2.35. The first-order valence-corrected chi connectivity index (χ1v) is 17.3. The van der Waals surface area contributed by atoms with E-state index in [4.69, 9.17) is 0 Å². The van der Waals surface area contributed by atoms with Gasteiger partial charge in [0.25, 0.3) is 0 Å². The monoisotopic (exact) mass is 622 g/mol. The molecule has 0 amide bonds. The molecule has 1 aliphatic carbocycles. The van der Waals surface area contributed by atoms with Crippen molar-refractivity contribution in [2.24, 2.45) is 0 Å². The summed E-state index contributed by atoms with van der Waals surface area (Å²) in [4.78, 5) is 0. The van der Waals surface area contributed by atoms with E-state index in [1.54, 1.807) is 0 Å². The summed E-state index contributed by atoms with van der Waals surface area (Å²) in [6.45, 7) is 4.76. The summed E-state index contributed by atoms with van der Waals surface area (Å²) in [5.41, 5.74) is 13.0. The van der Waals surface area contributed by atoms with Gasteiger partial charge in [0.2, 0.25) is 0 Å². The molecule has 9 aromatic rings. The molecule has 0 atom stereocenters. The van der Waals surface area contributed by atoms with Crippen LogP contribution in [0.3, 0.4) is 0 Å². The Morgan fingerprint density at radius 1 is 0.286 bits per heavy atom. The largest absolute Gasteiger partial charge is 0.0622 e. The van der Waals surface area contributed by atoms with Gasteiger partial charge < -0.3 is 0 Å². The molecule has 0 aromatic heterocycles. The topological polar surface area (TPSA) is 0 Å². The second-order valence-corrected chi connectivity index (χ2v) is 14.0. The van der Waals surface area contributed by atoms with Crippen LogP contribution in [0, 0.1) is 0 Å². The van der Waals surface area contributed by atoms with E-state index in [-0.39, 0.29) is 5.41 Å². The highest BCUT2D eigenvalue weighted by Crippen LogP contribution is 2.53. The third-order valence-corrected chi connectivity index (χ3v) is 11.1. The molecule has 230 valence electrons. The molecule has 0 spiro atoms. The molecule has 0 aliphatic heterocycles. The zero-order valence-corrected chi connectivity index (χ0v) is 27.7. The fourth-order valence-electron chi connectivity index (χ4n) is 8.88. The van der Waals surface area contributed by atoms with E-state index < -0.39 is 0 Å². The Kier molecular flexibility index (Phi) is 6.02. The molecule has 9 aromatic carbocycles. The molecule has 0 fully saturated rings. The first-order chi connectivity index (χ1) is 24.1. The lowest BCUT2D eigenvalue weighted by atomic mass is 9.68. The SMILES string of the molecule is CC1(C)c2ccccc2-c2cccc3c(-c4c5ccccc5c(-c5ccccc5)c5c4ccc4c(-c6ccccc6)cccc45)ccc1c23. The molecule has 0 radical (unpaired) electrons. The Morgan fingerprint density at radius 2 is 0.857 bits per heavy atom. The van der Waals surface area contributed by atoms with Crippen LogP contribution in [-0.2, 0) is 5.41 Å². The maximum absolute atomic E-state index is 2.41. The second-order valence-electron chi connectivity index (χ2n) is 14.0. The van der Waals surface area contributed by atoms with Gasteiger partial charge in [-0.1, -0.05) is 184 Å². The molecule has 0 heteroatoms. The van der Waals surface area contributed by atoms with Crippen LogP contribution in [0.1, 0.15) is 25.0 Å². The normalized spacial score (nSPS) is 13.3. The van der Waals surface area contributed by atoms with Crippen molar-refractivity contribution in [2.45, 2.75) is 19.3 Å². The second kappa shape index (κ2) is 10.5. The first-order valence-electron chi connectivity index (χ1n) is 17.3. The predicted octanol–water partition coefficient (Wildman–Crippen LogP) is 13.6. The highest BCUT2D eigenvalue weighted by molar-refractivity contribution is 6.30. The van der Waals surface area contributed by atoms with Gasteiger partial charge >= 0.3 is 0 Å². The number of fused-ring (bicyclic) bond motifs is 6. The van der Waals surface area contributed by atoms with E-state index in [2.05, 4.69) is 184 Å². The zero-order valence-electron chi connectivity index (χ0n) is 27.7. The molecule has 0 nitrogen and oxygen atoms in total. The van der Waals surface area contributed by atoms with Gasteiger partial charge in [-0.05, 0) is 98.7 Å². The average Bonchev–Trinajstić information content (AvgIpc) is 3.16. The Balaban J connectivity index is 1.39. The minimum atomic E-state index is -0.104. The molecule has 0 unspecified atom stereocenters. The Labute approximate surface area is 286 Å². The van der Waals surface area contributed by atoms with Crippen LogP contribution in [0.15, 0.2) is 170 Å². The molecule has 0 bridgehead atoms. The van der Waals surface area contributed by atoms with E-state index in [1.165, 1.54) is 98.7 Å². The van der Waals surface area contributed by atoms with E-state index in [0.29, 0.717) is 0 Å². The predicted molar refractivity (Wildman–Crippen MR) is 210 cm³/mol. The fraction of sp³-hybridized carbons (Fsp3) is 0.0612. The van der Waals surface area contributed by atoms with Crippen molar-refractivity contribution in [2.75, 3.05) is 0 Å². The van der Waals surface area contributed by atoms with Crippen molar-refractivity contribution in [1.82, 2.24) is 0 Å². The van der Waals surface area contributed by atoms with Crippen molar-refractivity contribution >= 4 is 43.1 Å². The van der Waals surface area contributed by atoms with E-state index in [0.717, 1.165) is 0 Å². The summed E-state index contributed by atoms with van der Waals surface area (Å²) in [5.74, 6) is 0. The molecule has 0 saturated heterocycles. The summed E-state index contributed by atoms with van der Waals surface area (Å²) >= 11 is 0. The summed E-state index contributed by atoms with van der Waals surface area (Å²) < 4.78 is 0. The number of rotatable bonds is 3. The van der Waals surface area contributed by atoms with E-state index in [1.807, 2.05) is 0 Å². The van der Waals surface area contributed by atoms with E-state index in [9.17, 15) is 0 Å². The average molecular weight is 623 g/mol. The van der Waals surface area contributed by atoms with Crippen LogP contribution in [0.4, 0.5) is 0 Å². The third-order valence-electron chi connectivity index (χ3n) is 11.1. The Hall–Kier alpha value is -5.98. The highest BCUT2D eigenvalue weighted by Gasteiger charge is 2.34. The zero-order chi connectivity index (χ0) is 32.7. The smallest absolute Gasteiger partial charge is 0.0159 e. The van der Waals surface area contributed by atoms with Gasteiger partial charge in [0, 0.05) is 5.41 Å². The standard InChI is InChI=1S/C49H34/c1-49(2)43-26-12-11-19-35(43)37-24-14-25-40-41(29-30-44(49)47(37)40)46-39-21-10-9-20-38(39)45(32-17-7-4-8-18-32)48-36-23-13-22-33(31-15-5-3-6-16-31)34(36)27-28-42(46)48/h3-30H,1-2H3. The van der Waals surface area contributed by atoms with Crippen molar-refractivity contribution in [3.63, 3.8) is 0 Å². The maximum Gasteiger partial charge on any atom is 0.0159 e. The van der Waals surface area contributed by atoms with Gasteiger partial charge in [0.05, 0.1) is 0 Å². The summed E-state index contributed by atoms with van der Waals surface area (Å²) in [7, 11) is 0. The van der Waals surface area contributed by atoms with Crippen LogP contribution in [0.5, 0.6) is 0 Å². The Morgan fingerprint density at radius 3 is 1.63 bits per heavy atom. The molecular weight excluding hydrogens is 589 g/mol. The van der Waals surface area contributed by atoms with Gasteiger partial charge in [-0.2, -0.15) is 0 Å². The summed E-state index contributed by atoms with van der Waals surface area (Å²) in [6.07, 6.45) is 0. The van der Waals surface area contributed by atoms with Gasteiger partial charge in [-0.15, -0.1) is 0 Å². The molecule has 0 N–H and O–H groups in total. The Bertz CT molecular complexity index is 2770. The molecule has 49 heavy (non-hydrogen) atoms. The van der Waals surface area contributed by atoms with Gasteiger partial charge in [-0.25, -0.2) is 0 Å². The van der Waals surface area contributed by atoms with Crippen LogP contribution in [-0.4, -0.2) is 0 Å². The first kappa shape index (κ1) is 28.1. The van der Waals surface area contributed by atoms with E-state index >= 15 is 0 Å². The maximum atomic E-state index is 2.41. The molecule has 1 aliphatic rings. The summed E-state index contributed by atoms with van der Waals surface area (Å²) in [5, 5.41) is 10.4. The van der Waals surface area contributed by atoms with Crippen molar-refractivity contribution < 1.29 is 0 Å².